The summed E-state index contributed by atoms with van der Waals surface area (Å²) in [7, 11) is 1.80. The molecule has 0 fully saturated rings. The lowest BCUT2D eigenvalue weighted by Crippen LogP contribution is -2.38. The van der Waals surface area contributed by atoms with Crippen molar-refractivity contribution in [3.8, 4) is 5.75 Å². The molecule has 25 heavy (non-hydrogen) atoms. The van der Waals surface area contributed by atoms with E-state index in [2.05, 4.69) is 10.1 Å². The summed E-state index contributed by atoms with van der Waals surface area (Å²) >= 11 is 0. The minimum absolute atomic E-state index is 0.0127. The molecule has 6 heteroatoms. The number of aromatic hydroxyl groups is 1. The second-order valence-electron chi connectivity index (χ2n) is 6.34. The Hall–Kier alpha value is -2.89. The largest absolute Gasteiger partial charge is 0.508 e. The zero-order valence-electron chi connectivity index (χ0n) is 14.7. The molecule has 1 aromatic carbocycles. The zero-order chi connectivity index (χ0) is 18.0. The molecule has 3 aromatic rings. The fourth-order valence-electron chi connectivity index (χ4n) is 2.87. The number of phenols is 1. The molecular formula is C19H22N4O2. The van der Waals surface area contributed by atoms with E-state index in [4.69, 9.17) is 0 Å². The highest BCUT2D eigenvalue weighted by molar-refractivity contribution is 5.81. The molecule has 0 aliphatic rings. The van der Waals surface area contributed by atoms with Crippen LogP contribution in [0.25, 0.3) is 11.0 Å². The molecule has 0 saturated carbocycles. The third kappa shape index (κ3) is 3.63. The normalized spacial score (nSPS) is 12.3. The Bertz CT molecular complexity index is 886. The molecule has 2 heterocycles. The first-order valence-corrected chi connectivity index (χ1v) is 8.27. The molecule has 1 amide bonds. The first-order chi connectivity index (χ1) is 12.0. The Morgan fingerprint density at radius 2 is 2.00 bits per heavy atom. The molecule has 6 nitrogen and oxygen atoms in total. The number of rotatable bonds is 5. The predicted octanol–water partition coefficient (Wildman–Crippen LogP) is 2.53. The maximum Gasteiger partial charge on any atom is 0.244 e. The molecule has 0 aliphatic carbocycles. The SMILES string of the molecule is Cc1nn(CC(=O)N(C)C(C)Cc2ccc(O)cc2)c2ncccc12. The van der Waals surface area contributed by atoms with E-state index in [1.54, 1.807) is 35.0 Å². The van der Waals surface area contributed by atoms with Crippen molar-refractivity contribution in [1.29, 1.82) is 0 Å². The van der Waals surface area contributed by atoms with Crippen molar-refractivity contribution in [3.05, 3.63) is 53.9 Å². The van der Waals surface area contributed by atoms with Crippen molar-refractivity contribution in [3.63, 3.8) is 0 Å². The smallest absolute Gasteiger partial charge is 0.244 e. The van der Waals surface area contributed by atoms with Gasteiger partial charge in [-0.15, -0.1) is 0 Å². The fraction of sp³-hybridized carbons (Fsp3) is 0.316. The Labute approximate surface area is 146 Å². The number of carbonyl (C=O) groups excluding carboxylic acids is 1. The van der Waals surface area contributed by atoms with Crippen LogP contribution >= 0.6 is 0 Å². The van der Waals surface area contributed by atoms with Gasteiger partial charge in [-0.3, -0.25) is 4.79 Å². The third-order valence-corrected chi connectivity index (χ3v) is 4.50. The highest BCUT2D eigenvalue weighted by atomic mass is 16.3. The number of amides is 1. The first kappa shape index (κ1) is 17.0. The van der Waals surface area contributed by atoms with E-state index in [0.29, 0.717) is 0 Å². The molecule has 1 atom stereocenters. The minimum Gasteiger partial charge on any atom is -0.508 e. The predicted molar refractivity (Wildman–Crippen MR) is 96.3 cm³/mol. The monoisotopic (exact) mass is 338 g/mol. The summed E-state index contributed by atoms with van der Waals surface area (Å²) in [5.41, 5.74) is 2.68. The average molecular weight is 338 g/mol. The van der Waals surface area contributed by atoms with Crippen molar-refractivity contribution < 1.29 is 9.90 Å². The number of aryl methyl sites for hydroxylation is 1. The van der Waals surface area contributed by atoms with E-state index >= 15 is 0 Å². The van der Waals surface area contributed by atoms with Crippen LogP contribution in [0, 0.1) is 6.92 Å². The number of phenolic OH excluding ortho intramolecular Hbond substituents is 1. The van der Waals surface area contributed by atoms with Crippen LogP contribution in [0.4, 0.5) is 0 Å². The molecule has 0 bridgehead atoms. The third-order valence-electron chi connectivity index (χ3n) is 4.50. The van der Waals surface area contributed by atoms with Gasteiger partial charge in [0.1, 0.15) is 12.3 Å². The number of benzene rings is 1. The molecule has 130 valence electrons. The van der Waals surface area contributed by atoms with Crippen LogP contribution in [0.3, 0.4) is 0 Å². The molecule has 0 spiro atoms. The Morgan fingerprint density at radius 1 is 1.28 bits per heavy atom. The van der Waals surface area contributed by atoms with Gasteiger partial charge < -0.3 is 10.0 Å². The van der Waals surface area contributed by atoms with Crippen molar-refractivity contribution in [2.24, 2.45) is 0 Å². The molecule has 2 aromatic heterocycles. The highest BCUT2D eigenvalue weighted by Crippen LogP contribution is 2.16. The number of pyridine rings is 1. The molecule has 1 unspecified atom stereocenters. The molecular weight excluding hydrogens is 316 g/mol. The van der Waals surface area contributed by atoms with Gasteiger partial charge in [0.15, 0.2) is 5.65 Å². The van der Waals surface area contributed by atoms with Crippen LogP contribution in [-0.4, -0.2) is 43.8 Å². The highest BCUT2D eigenvalue weighted by Gasteiger charge is 2.19. The summed E-state index contributed by atoms with van der Waals surface area (Å²) in [4.78, 5) is 18.7. The van der Waals surface area contributed by atoms with E-state index in [9.17, 15) is 9.90 Å². The topological polar surface area (TPSA) is 71.2 Å². The average Bonchev–Trinajstić information content (AvgIpc) is 2.92. The first-order valence-electron chi connectivity index (χ1n) is 8.27. The lowest BCUT2D eigenvalue weighted by atomic mass is 10.1. The molecule has 0 saturated heterocycles. The number of likely N-dealkylation sites (N-methyl/N-ethyl adjacent to an activating group) is 1. The van der Waals surface area contributed by atoms with Crippen molar-refractivity contribution in [1.82, 2.24) is 19.7 Å². The number of nitrogens with zero attached hydrogens (tertiary/aromatic N) is 4. The maximum absolute atomic E-state index is 12.6. The van der Waals surface area contributed by atoms with Gasteiger partial charge >= 0.3 is 0 Å². The van der Waals surface area contributed by atoms with Crippen LogP contribution in [0.15, 0.2) is 42.6 Å². The van der Waals surface area contributed by atoms with E-state index in [1.807, 2.05) is 38.1 Å². The lowest BCUT2D eigenvalue weighted by Gasteiger charge is -2.25. The van der Waals surface area contributed by atoms with Gasteiger partial charge in [0.05, 0.1) is 5.69 Å². The van der Waals surface area contributed by atoms with Crippen LogP contribution in [0.2, 0.25) is 0 Å². The molecule has 0 radical (unpaired) electrons. The number of aromatic nitrogens is 3. The summed E-state index contributed by atoms with van der Waals surface area (Å²) in [5.74, 6) is 0.232. The van der Waals surface area contributed by atoms with Gasteiger partial charge in [-0.2, -0.15) is 5.10 Å². The maximum atomic E-state index is 12.6. The van der Waals surface area contributed by atoms with Gasteiger partial charge in [0, 0.05) is 24.7 Å². The molecule has 0 aliphatic heterocycles. The number of hydrogen-bond donors (Lipinski definition) is 1. The molecule has 3 rings (SSSR count). The van der Waals surface area contributed by atoms with Crippen LogP contribution in [-0.2, 0) is 17.8 Å². The van der Waals surface area contributed by atoms with Crippen LogP contribution < -0.4 is 0 Å². The van der Waals surface area contributed by atoms with Crippen LogP contribution in [0.5, 0.6) is 5.75 Å². The summed E-state index contributed by atoms with van der Waals surface area (Å²) in [5, 5.41) is 14.8. The Balaban J connectivity index is 1.70. The van der Waals surface area contributed by atoms with E-state index in [1.165, 1.54) is 0 Å². The standard InChI is InChI=1S/C19H22N4O2/c1-13(11-15-6-8-16(24)9-7-15)22(3)18(25)12-23-19-17(14(2)21-23)5-4-10-20-19/h4-10,13,24H,11-12H2,1-3H3. The van der Waals surface area contributed by atoms with Gasteiger partial charge in [-0.25, -0.2) is 9.67 Å². The lowest BCUT2D eigenvalue weighted by molar-refractivity contribution is -0.132. The number of carbonyl (C=O) groups is 1. The number of fused-ring (bicyclic) bond motifs is 1. The minimum atomic E-state index is -0.0127. The van der Waals surface area contributed by atoms with E-state index < -0.39 is 0 Å². The van der Waals surface area contributed by atoms with Crippen molar-refractivity contribution in [2.45, 2.75) is 32.9 Å². The summed E-state index contributed by atoms with van der Waals surface area (Å²) in [6.07, 6.45) is 2.43. The van der Waals surface area contributed by atoms with Crippen molar-refractivity contribution in [2.75, 3.05) is 7.05 Å². The quantitative estimate of drug-likeness (QED) is 0.776. The fourth-order valence-corrected chi connectivity index (χ4v) is 2.87. The summed E-state index contributed by atoms with van der Waals surface area (Å²) in [6.45, 7) is 4.09. The second kappa shape index (κ2) is 6.93. The van der Waals surface area contributed by atoms with Gasteiger partial charge in [-0.05, 0) is 50.1 Å². The zero-order valence-corrected chi connectivity index (χ0v) is 14.7. The van der Waals surface area contributed by atoms with Gasteiger partial charge in [0.25, 0.3) is 0 Å². The number of hydrogen-bond acceptors (Lipinski definition) is 4. The second-order valence-corrected chi connectivity index (χ2v) is 6.34. The van der Waals surface area contributed by atoms with E-state index in [-0.39, 0.29) is 24.2 Å². The Morgan fingerprint density at radius 3 is 2.72 bits per heavy atom. The van der Waals surface area contributed by atoms with Gasteiger partial charge in [-0.1, -0.05) is 12.1 Å². The van der Waals surface area contributed by atoms with Gasteiger partial charge in [0.2, 0.25) is 5.91 Å². The Kier molecular flexibility index (Phi) is 4.70. The molecule has 1 N–H and O–H groups in total. The van der Waals surface area contributed by atoms with Crippen molar-refractivity contribution >= 4 is 16.9 Å². The van der Waals surface area contributed by atoms with E-state index in [0.717, 1.165) is 28.7 Å². The summed E-state index contributed by atoms with van der Waals surface area (Å²) in [6, 6.07) is 10.9. The van der Waals surface area contributed by atoms with Crippen LogP contribution in [0.1, 0.15) is 18.2 Å². The summed E-state index contributed by atoms with van der Waals surface area (Å²) < 4.78 is 1.66.